The van der Waals surface area contributed by atoms with Crippen LogP contribution >= 0.6 is 23.1 Å². The first kappa shape index (κ1) is 23.2. The van der Waals surface area contributed by atoms with Crippen LogP contribution in [0.5, 0.6) is 5.75 Å². The number of sulfonamides is 1. The van der Waals surface area contributed by atoms with E-state index in [4.69, 9.17) is 16.3 Å². The molecule has 1 amide bonds. The number of carbonyl (C=O) groups excluding carboxylic acids is 1. The number of halogens is 1. The Labute approximate surface area is 200 Å². The highest BCUT2D eigenvalue weighted by Crippen LogP contribution is 2.29. The largest absolute Gasteiger partial charge is 0.495 e. The van der Waals surface area contributed by atoms with E-state index in [2.05, 4.69) is 9.69 Å². The molecule has 0 spiro atoms. The molecule has 170 valence electrons. The monoisotopic (exact) mass is 501 g/mol. The lowest BCUT2D eigenvalue weighted by atomic mass is 10.2. The van der Waals surface area contributed by atoms with E-state index in [1.165, 1.54) is 36.8 Å². The molecule has 0 radical (unpaired) electrons. The molecule has 0 fully saturated rings. The number of benzene rings is 3. The fourth-order valence-electron chi connectivity index (χ4n) is 3.28. The van der Waals surface area contributed by atoms with Crippen LogP contribution in [-0.2, 0) is 21.4 Å². The number of nitrogens with zero attached hydrogens (tertiary/aromatic N) is 2. The molecule has 0 bridgehead atoms. The summed E-state index contributed by atoms with van der Waals surface area (Å²) in [6.45, 7) is -0.353. The third-order valence-electron chi connectivity index (χ3n) is 4.92. The number of amides is 1. The molecule has 10 heteroatoms. The number of hydrogen-bond acceptors (Lipinski definition) is 6. The van der Waals surface area contributed by atoms with Crippen molar-refractivity contribution in [2.45, 2.75) is 11.4 Å². The summed E-state index contributed by atoms with van der Waals surface area (Å²) in [7, 11) is -2.59. The van der Waals surface area contributed by atoms with Crippen molar-refractivity contribution in [3.05, 3.63) is 83.5 Å². The van der Waals surface area contributed by atoms with Gasteiger partial charge in [0, 0.05) is 23.8 Å². The summed E-state index contributed by atoms with van der Waals surface area (Å²) in [5, 5.41) is 3.85. The van der Waals surface area contributed by atoms with E-state index in [0.717, 1.165) is 20.0 Å². The first-order chi connectivity index (χ1) is 15.9. The number of ether oxygens (including phenoxy) is 1. The van der Waals surface area contributed by atoms with E-state index in [9.17, 15) is 13.2 Å². The molecule has 33 heavy (non-hydrogen) atoms. The smallest absolute Gasteiger partial charge is 0.243 e. The molecule has 0 aliphatic carbocycles. The van der Waals surface area contributed by atoms with E-state index in [0.29, 0.717) is 11.4 Å². The molecule has 1 aromatic heterocycles. The van der Waals surface area contributed by atoms with Gasteiger partial charge in [0.1, 0.15) is 5.75 Å². The van der Waals surface area contributed by atoms with Crippen LogP contribution < -0.4 is 10.1 Å². The summed E-state index contributed by atoms with van der Waals surface area (Å²) in [6.07, 6.45) is 1.72. The Bertz CT molecular complexity index is 1390. The van der Waals surface area contributed by atoms with Crippen LogP contribution in [0, 0.1) is 0 Å². The van der Waals surface area contributed by atoms with Crippen molar-refractivity contribution in [3.63, 3.8) is 0 Å². The van der Waals surface area contributed by atoms with Gasteiger partial charge in [0.15, 0.2) is 0 Å². The molecule has 0 saturated heterocycles. The van der Waals surface area contributed by atoms with Gasteiger partial charge >= 0.3 is 0 Å². The third-order valence-corrected chi connectivity index (χ3v) is 7.78. The predicted octanol–water partition coefficient (Wildman–Crippen LogP) is 4.79. The Morgan fingerprint density at radius 2 is 1.91 bits per heavy atom. The maximum Gasteiger partial charge on any atom is 0.243 e. The van der Waals surface area contributed by atoms with Gasteiger partial charge in [-0.3, -0.25) is 4.79 Å². The van der Waals surface area contributed by atoms with Crippen LogP contribution in [0.25, 0.3) is 10.1 Å². The fourth-order valence-corrected chi connectivity index (χ4v) is 5.64. The molecule has 0 aliphatic rings. The van der Waals surface area contributed by atoms with Gasteiger partial charge in [0.05, 0.1) is 28.3 Å². The highest BCUT2D eigenvalue weighted by Gasteiger charge is 2.28. The van der Waals surface area contributed by atoms with Gasteiger partial charge in [-0.1, -0.05) is 41.9 Å². The van der Waals surface area contributed by atoms with Crippen molar-refractivity contribution in [2.75, 3.05) is 19.0 Å². The minimum Gasteiger partial charge on any atom is -0.495 e. The molecule has 1 heterocycles. The van der Waals surface area contributed by atoms with Crippen molar-refractivity contribution in [1.29, 1.82) is 0 Å². The van der Waals surface area contributed by atoms with Gasteiger partial charge in [-0.25, -0.2) is 8.42 Å². The standard InChI is InChI=1S/C23H20ClN3O4S2/c1-31-21-9-8-19(12-20(21)24)33(29,30)27(14-16-5-3-2-4-6-16)15-23(28)26-18-7-10-22-17(11-18)13-25-32-22/h2-13H,14-15H2,1H3,(H,26,28). The molecule has 0 saturated carbocycles. The number of nitrogens with one attached hydrogen (secondary N) is 1. The molecule has 4 aromatic rings. The Hall–Kier alpha value is -2.98. The first-order valence-corrected chi connectivity index (χ1v) is 12.5. The zero-order valence-electron chi connectivity index (χ0n) is 17.6. The maximum atomic E-state index is 13.5. The second-order valence-corrected chi connectivity index (χ2v) is 10.4. The van der Waals surface area contributed by atoms with Crippen molar-refractivity contribution >= 4 is 54.8 Å². The van der Waals surface area contributed by atoms with Crippen LogP contribution in [0.4, 0.5) is 5.69 Å². The van der Waals surface area contributed by atoms with Crippen LogP contribution in [0.15, 0.2) is 77.8 Å². The van der Waals surface area contributed by atoms with Crippen molar-refractivity contribution in [1.82, 2.24) is 8.68 Å². The van der Waals surface area contributed by atoms with Gasteiger partial charge in [-0.15, -0.1) is 0 Å². The van der Waals surface area contributed by atoms with Crippen LogP contribution in [0.3, 0.4) is 0 Å². The van der Waals surface area contributed by atoms with Gasteiger partial charge in [0.25, 0.3) is 0 Å². The molecular weight excluding hydrogens is 482 g/mol. The average Bonchev–Trinajstić information content (AvgIpc) is 3.27. The lowest BCUT2D eigenvalue weighted by molar-refractivity contribution is -0.116. The third kappa shape index (κ3) is 5.33. The normalized spacial score (nSPS) is 11.6. The highest BCUT2D eigenvalue weighted by atomic mass is 35.5. The van der Waals surface area contributed by atoms with Crippen molar-refractivity contribution < 1.29 is 17.9 Å². The summed E-state index contributed by atoms with van der Waals surface area (Å²) in [6, 6.07) is 18.7. The van der Waals surface area contributed by atoms with Gasteiger partial charge in [-0.05, 0) is 53.5 Å². The van der Waals surface area contributed by atoms with E-state index in [1.807, 2.05) is 24.3 Å². The van der Waals surface area contributed by atoms with Gasteiger partial charge < -0.3 is 10.1 Å². The topological polar surface area (TPSA) is 88.6 Å². The molecule has 3 aromatic carbocycles. The van der Waals surface area contributed by atoms with Crippen molar-refractivity contribution in [3.8, 4) is 5.75 Å². The Kier molecular flexibility index (Phi) is 6.94. The van der Waals surface area contributed by atoms with Crippen molar-refractivity contribution in [2.24, 2.45) is 0 Å². The zero-order chi connectivity index (χ0) is 23.4. The molecular formula is C23H20ClN3O4S2. The molecule has 0 atom stereocenters. The molecule has 1 N–H and O–H groups in total. The number of rotatable bonds is 8. The summed E-state index contributed by atoms with van der Waals surface area (Å²) in [5.41, 5.74) is 1.32. The number of aromatic nitrogens is 1. The lowest BCUT2D eigenvalue weighted by Crippen LogP contribution is -2.37. The minimum absolute atomic E-state index is 0.0216. The second kappa shape index (κ2) is 9.88. The highest BCUT2D eigenvalue weighted by molar-refractivity contribution is 7.89. The summed E-state index contributed by atoms with van der Waals surface area (Å²) in [5.74, 6) is -0.0991. The Morgan fingerprint density at radius 1 is 1.12 bits per heavy atom. The predicted molar refractivity (Wildman–Crippen MR) is 130 cm³/mol. The van der Waals surface area contributed by atoms with E-state index in [1.54, 1.807) is 30.5 Å². The molecule has 4 rings (SSSR count). The number of carbonyl (C=O) groups is 1. The summed E-state index contributed by atoms with van der Waals surface area (Å²) in [4.78, 5) is 12.8. The molecule has 0 aliphatic heterocycles. The second-order valence-electron chi connectivity index (χ2n) is 7.18. The fraction of sp³-hybridized carbons (Fsp3) is 0.130. The molecule has 7 nitrogen and oxygen atoms in total. The Balaban J connectivity index is 1.61. The number of fused-ring (bicyclic) bond motifs is 1. The first-order valence-electron chi connectivity index (χ1n) is 9.89. The molecule has 0 unspecified atom stereocenters. The minimum atomic E-state index is -4.04. The lowest BCUT2D eigenvalue weighted by Gasteiger charge is -2.22. The quantitative estimate of drug-likeness (QED) is 0.375. The summed E-state index contributed by atoms with van der Waals surface area (Å²) >= 11 is 7.52. The number of hydrogen-bond donors (Lipinski definition) is 1. The van der Waals surface area contributed by atoms with E-state index in [-0.39, 0.29) is 23.0 Å². The SMILES string of the molecule is COc1ccc(S(=O)(=O)N(CC(=O)Nc2ccc3sncc3c2)Cc2ccccc2)cc1Cl. The number of methoxy groups -OCH3 is 1. The zero-order valence-corrected chi connectivity index (χ0v) is 20.0. The van der Waals surface area contributed by atoms with Gasteiger partial charge in [0.2, 0.25) is 15.9 Å². The maximum absolute atomic E-state index is 13.5. The van der Waals surface area contributed by atoms with Crippen LogP contribution in [-0.4, -0.2) is 36.7 Å². The Morgan fingerprint density at radius 3 is 2.64 bits per heavy atom. The number of anilines is 1. The van der Waals surface area contributed by atoms with Gasteiger partial charge in [-0.2, -0.15) is 8.68 Å². The average molecular weight is 502 g/mol. The van der Waals surface area contributed by atoms with Crippen LogP contribution in [0.2, 0.25) is 5.02 Å². The van der Waals surface area contributed by atoms with E-state index >= 15 is 0 Å². The summed E-state index contributed by atoms with van der Waals surface area (Å²) < 4.78 is 38.3. The van der Waals surface area contributed by atoms with E-state index < -0.39 is 15.9 Å². The van der Waals surface area contributed by atoms with Crippen LogP contribution in [0.1, 0.15) is 5.56 Å².